The maximum absolute atomic E-state index is 2.60. The molecule has 0 aromatic rings. The second-order valence-electron chi connectivity index (χ2n) is 8.09. The van der Waals surface area contributed by atoms with Crippen molar-refractivity contribution < 1.29 is 0 Å². The van der Waals surface area contributed by atoms with Crippen molar-refractivity contribution in [3.8, 4) is 0 Å². The highest BCUT2D eigenvalue weighted by atomic mass is 14.7. The zero-order chi connectivity index (χ0) is 11.6. The van der Waals surface area contributed by atoms with Gasteiger partial charge in [0.1, 0.15) is 0 Å². The number of fused-ring (bicyclic) bond motifs is 5. The summed E-state index contributed by atoms with van der Waals surface area (Å²) in [4.78, 5) is 0. The van der Waals surface area contributed by atoms with E-state index in [4.69, 9.17) is 0 Å². The molecule has 16 heavy (non-hydrogen) atoms. The Morgan fingerprint density at radius 2 is 1.62 bits per heavy atom. The topological polar surface area (TPSA) is 0 Å². The van der Waals surface area contributed by atoms with Crippen molar-refractivity contribution in [1.82, 2.24) is 0 Å². The van der Waals surface area contributed by atoms with Crippen molar-refractivity contribution in [2.75, 3.05) is 0 Å². The Balaban J connectivity index is 1.89. The summed E-state index contributed by atoms with van der Waals surface area (Å²) in [5, 5.41) is 0. The molecule has 2 bridgehead atoms. The van der Waals surface area contributed by atoms with Gasteiger partial charge in [-0.15, -0.1) is 0 Å². The van der Waals surface area contributed by atoms with Gasteiger partial charge in [0.25, 0.3) is 0 Å². The molecule has 0 aliphatic heterocycles. The lowest BCUT2D eigenvalue weighted by molar-refractivity contribution is -0.0255. The Morgan fingerprint density at radius 3 is 2.25 bits per heavy atom. The number of hydrogen-bond acceptors (Lipinski definition) is 0. The lowest BCUT2D eigenvalue weighted by Gasteiger charge is -2.51. The zero-order valence-electron chi connectivity index (χ0n) is 11.6. The van der Waals surface area contributed by atoms with Crippen LogP contribution in [0.15, 0.2) is 0 Å². The lowest BCUT2D eigenvalue weighted by atomic mass is 9.53. The first-order valence-electron chi connectivity index (χ1n) is 7.43. The van der Waals surface area contributed by atoms with E-state index >= 15 is 0 Å². The van der Waals surface area contributed by atoms with E-state index in [1.807, 2.05) is 0 Å². The molecule has 3 fully saturated rings. The molecule has 3 aliphatic carbocycles. The normalized spacial score (nSPS) is 51.8. The van der Waals surface area contributed by atoms with E-state index in [1.165, 1.54) is 19.3 Å². The first-order chi connectivity index (χ1) is 7.43. The van der Waals surface area contributed by atoms with Gasteiger partial charge in [-0.2, -0.15) is 0 Å². The molecule has 92 valence electrons. The maximum Gasteiger partial charge on any atom is -0.0243 e. The predicted molar refractivity (Wildman–Crippen MR) is 69.2 cm³/mol. The van der Waals surface area contributed by atoms with Crippen molar-refractivity contribution in [3.05, 3.63) is 0 Å². The highest BCUT2D eigenvalue weighted by Gasteiger charge is 2.61. The van der Waals surface area contributed by atoms with E-state index in [2.05, 4.69) is 27.7 Å². The largest absolute Gasteiger partial charge is 0.0596 e. The summed E-state index contributed by atoms with van der Waals surface area (Å²) in [6.45, 7) is 10.0. The van der Waals surface area contributed by atoms with Gasteiger partial charge in [-0.1, -0.05) is 40.5 Å². The van der Waals surface area contributed by atoms with Crippen LogP contribution in [0.3, 0.4) is 0 Å². The molecule has 0 spiro atoms. The Morgan fingerprint density at radius 1 is 1.00 bits per heavy atom. The molecule has 0 saturated heterocycles. The third-order valence-electron chi connectivity index (χ3n) is 6.77. The summed E-state index contributed by atoms with van der Waals surface area (Å²) < 4.78 is 0. The van der Waals surface area contributed by atoms with Crippen LogP contribution in [-0.2, 0) is 0 Å². The summed E-state index contributed by atoms with van der Waals surface area (Å²) in [7, 11) is 0. The smallest absolute Gasteiger partial charge is 0.0243 e. The molecule has 0 aromatic carbocycles. The summed E-state index contributed by atoms with van der Waals surface area (Å²) in [5.74, 6) is 4.40. The van der Waals surface area contributed by atoms with E-state index < -0.39 is 0 Å². The first-order valence-corrected chi connectivity index (χ1v) is 7.43. The molecule has 5 unspecified atom stereocenters. The van der Waals surface area contributed by atoms with Crippen LogP contribution in [-0.4, -0.2) is 0 Å². The standard InChI is InChI=1S/C16H28/c1-15(2,3)16(4)10-11-9-14(16)13-8-6-5-7-12(11)13/h11-14H,5-10H2,1-4H3. The Hall–Kier alpha value is 0. The van der Waals surface area contributed by atoms with Gasteiger partial charge in [0.2, 0.25) is 0 Å². The number of hydrogen-bond donors (Lipinski definition) is 0. The molecule has 0 radical (unpaired) electrons. The summed E-state index contributed by atoms with van der Waals surface area (Å²) in [6, 6.07) is 0. The average Bonchev–Trinajstić information content (AvgIpc) is 2.73. The number of rotatable bonds is 0. The van der Waals surface area contributed by atoms with Crippen LogP contribution in [0.25, 0.3) is 0 Å². The fraction of sp³-hybridized carbons (Fsp3) is 1.00. The lowest BCUT2D eigenvalue weighted by Crippen LogP contribution is -2.44. The van der Waals surface area contributed by atoms with Crippen LogP contribution in [0.1, 0.15) is 66.2 Å². The fourth-order valence-corrected chi connectivity index (χ4v) is 5.47. The summed E-state index contributed by atoms with van der Waals surface area (Å²) in [5.41, 5.74) is 1.14. The van der Waals surface area contributed by atoms with Gasteiger partial charge in [0.05, 0.1) is 0 Å². The first kappa shape index (κ1) is 11.1. The molecule has 0 heterocycles. The van der Waals surface area contributed by atoms with Gasteiger partial charge in [-0.25, -0.2) is 0 Å². The van der Waals surface area contributed by atoms with Crippen LogP contribution in [0.4, 0.5) is 0 Å². The van der Waals surface area contributed by atoms with Crippen molar-refractivity contribution in [2.24, 2.45) is 34.5 Å². The van der Waals surface area contributed by atoms with Crippen LogP contribution in [0.2, 0.25) is 0 Å². The van der Waals surface area contributed by atoms with E-state index in [-0.39, 0.29) is 0 Å². The Bertz CT molecular complexity index is 285. The van der Waals surface area contributed by atoms with Gasteiger partial charge in [0.15, 0.2) is 0 Å². The molecule has 5 atom stereocenters. The molecule has 3 aliphatic rings. The van der Waals surface area contributed by atoms with Crippen molar-refractivity contribution >= 4 is 0 Å². The molecule has 3 saturated carbocycles. The molecular weight excluding hydrogens is 192 g/mol. The second kappa shape index (κ2) is 3.27. The minimum atomic E-state index is 0.509. The quantitative estimate of drug-likeness (QED) is 0.545. The maximum atomic E-state index is 2.60. The SMILES string of the molecule is CC(C)(C)C1(C)CC2CC1C1CCCCC21. The van der Waals surface area contributed by atoms with Gasteiger partial charge in [-0.3, -0.25) is 0 Å². The van der Waals surface area contributed by atoms with E-state index in [1.54, 1.807) is 19.3 Å². The van der Waals surface area contributed by atoms with E-state index in [0.717, 1.165) is 23.7 Å². The highest BCUT2D eigenvalue weighted by Crippen LogP contribution is 2.68. The molecule has 0 aromatic heterocycles. The summed E-state index contributed by atoms with van der Waals surface area (Å²) in [6.07, 6.45) is 9.26. The second-order valence-corrected chi connectivity index (χ2v) is 8.09. The van der Waals surface area contributed by atoms with Crippen LogP contribution in [0.5, 0.6) is 0 Å². The van der Waals surface area contributed by atoms with Crippen LogP contribution < -0.4 is 0 Å². The fourth-order valence-electron chi connectivity index (χ4n) is 5.47. The molecule has 0 heteroatoms. The molecule has 3 rings (SSSR count). The van der Waals surface area contributed by atoms with Crippen LogP contribution in [0, 0.1) is 34.5 Å². The molecule has 0 nitrogen and oxygen atoms in total. The highest BCUT2D eigenvalue weighted by molar-refractivity contribution is 5.10. The minimum Gasteiger partial charge on any atom is -0.0596 e. The predicted octanol–water partition coefficient (Wildman–Crippen LogP) is 4.89. The van der Waals surface area contributed by atoms with Gasteiger partial charge >= 0.3 is 0 Å². The summed E-state index contributed by atoms with van der Waals surface area (Å²) >= 11 is 0. The van der Waals surface area contributed by atoms with Crippen molar-refractivity contribution in [1.29, 1.82) is 0 Å². The average molecular weight is 220 g/mol. The molecule has 0 amide bonds. The van der Waals surface area contributed by atoms with Crippen LogP contribution >= 0.6 is 0 Å². The van der Waals surface area contributed by atoms with Gasteiger partial charge < -0.3 is 0 Å². The minimum absolute atomic E-state index is 0.509. The van der Waals surface area contributed by atoms with E-state index in [9.17, 15) is 0 Å². The third-order valence-corrected chi connectivity index (χ3v) is 6.77. The zero-order valence-corrected chi connectivity index (χ0v) is 11.6. The van der Waals surface area contributed by atoms with Gasteiger partial charge in [-0.05, 0) is 60.2 Å². The Labute approximate surface area is 101 Å². The Kier molecular flexibility index (Phi) is 2.27. The molecular formula is C16H28. The van der Waals surface area contributed by atoms with Gasteiger partial charge in [0, 0.05) is 0 Å². The van der Waals surface area contributed by atoms with Crippen molar-refractivity contribution in [2.45, 2.75) is 66.2 Å². The molecule has 0 N–H and O–H groups in total. The monoisotopic (exact) mass is 220 g/mol. The third kappa shape index (κ3) is 1.28. The van der Waals surface area contributed by atoms with E-state index in [0.29, 0.717) is 10.8 Å². The van der Waals surface area contributed by atoms with Crippen molar-refractivity contribution in [3.63, 3.8) is 0 Å².